The summed E-state index contributed by atoms with van der Waals surface area (Å²) in [4.78, 5) is 43.5. The van der Waals surface area contributed by atoms with E-state index in [1.54, 1.807) is 23.1 Å². The number of ether oxygens (including phenoxy) is 1. The van der Waals surface area contributed by atoms with E-state index in [0.717, 1.165) is 0 Å². The number of guanidine groups is 1. The van der Waals surface area contributed by atoms with E-state index < -0.39 is 29.2 Å². The summed E-state index contributed by atoms with van der Waals surface area (Å²) >= 11 is 6.39. The Labute approximate surface area is 239 Å². The van der Waals surface area contributed by atoms with E-state index >= 15 is 0 Å². The molecule has 212 valence electrons. The standard InChI is InChI=1S/C29H26ClF2N5O4/c1-41-28(40)36-14-12-35(13-15-36)25(38)23-16-18(2-11-24(23)30)17-37-26(39)29(34-27(37)33,19-3-7-21(31)8-4-19)20-5-9-22(32)10-6-20/h2-11,16H,12-15,17H2,1H3,(H2,33,34). The fourth-order valence-electron chi connectivity index (χ4n) is 5.12. The van der Waals surface area contributed by atoms with Crippen LogP contribution < -0.4 is 5.32 Å². The zero-order valence-electron chi connectivity index (χ0n) is 22.0. The first kappa shape index (κ1) is 28.0. The highest BCUT2D eigenvalue weighted by Gasteiger charge is 2.52. The maximum absolute atomic E-state index is 14.0. The van der Waals surface area contributed by atoms with Crippen LogP contribution >= 0.6 is 11.6 Å². The van der Waals surface area contributed by atoms with Gasteiger partial charge >= 0.3 is 6.09 Å². The Bertz CT molecular complexity index is 1460. The van der Waals surface area contributed by atoms with Crippen molar-refractivity contribution in [1.82, 2.24) is 20.0 Å². The second-order valence-corrected chi connectivity index (χ2v) is 10.1. The average molecular weight is 582 g/mol. The number of hydrogen-bond donors (Lipinski definition) is 2. The van der Waals surface area contributed by atoms with Gasteiger partial charge in [-0.15, -0.1) is 0 Å². The van der Waals surface area contributed by atoms with Crippen molar-refractivity contribution in [3.8, 4) is 0 Å². The highest BCUT2D eigenvalue weighted by Crippen LogP contribution is 2.37. The minimum absolute atomic E-state index is 0.0671. The van der Waals surface area contributed by atoms with Crippen molar-refractivity contribution in [1.29, 1.82) is 5.41 Å². The van der Waals surface area contributed by atoms with Crippen LogP contribution in [0.5, 0.6) is 0 Å². The molecule has 2 aliphatic heterocycles. The van der Waals surface area contributed by atoms with E-state index in [1.165, 1.54) is 65.4 Å². The number of piperazine rings is 1. The van der Waals surface area contributed by atoms with Gasteiger partial charge in [-0.3, -0.25) is 19.9 Å². The predicted molar refractivity (Wildman–Crippen MR) is 146 cm³/mol. The molecule has 5 rings (SSSR count). The molecule has 12 heteroatoms. The van der Waals surface area contributed by atoms with Gasteiger partial charge < -0.3 is 19.9 Å². The lowest BCUT2D eigenvalue weighted by molar-refractivity contribution is -0.130. The number of benzene rings is 3. The van der Waals surface area contributed by atoms with Crippen LogP contribution in [-0.2, 0) is 21.6 Å². The van der Waals surface area contributed by atoms with Crippen molar-refractivity contribution in [3.05, 3.63) is 106 Å². The number of carbonyl (C=O) groups is 3. The molecular weight excluding hydrogens is 556 g/mol. The van der Waals surface area contributed by atoms with Crippen LogP contribution in [0.15, 0.2) is 66.7 Å². The molecule has 2 saturated heterocycles. The summed E-state index contributed by atoms with van der Waals surface area (Å²) in [5.41, 5.74) is -0.0743. The van der Waals surface area contributed by atoms with E-state index in [-0.39, 0.29) is 29.0 Å². The van der Waals surface area contributed by atoms with Crippen LogP contribution in [0.4, 0.5) is 13.6 Å². The Balaban J connectivity index is 1.41. The highest BCUT2D eigenvalue weighted by atomic mass is 35.5. The van der Waals surface area contributed by atoms with Gasteiger partial charge in [-0.2, -0.15) is 0 Å². The third kappa shape index (κ3) is 5.20. The summed E-state index contributed by atoms with van der Waals surface area (Å²) in [6.07, 6.45) is -0.458. The summed E-state index contributed by atoms with van der Waals surface area (Å²) in [6.45, 7) is 1.16. The molecule has 9 nitrogen and oxygen atoms in total. The number of nitrogens with one attached hydrogen (secondary N) is 2. The van der Waals surface area contributed by atoms with Gasteiger partial charge in [0.1, 0.15) is 11.6 Å². The lowest BCUT2D eigenvalue weighted by Gasteiger charge is -2.34. The lowest BCUT2D eigenvalue weighted by Crippen LogP contribution is -2.50. The second-order valence-electron chi connectivity index (χ2n) is 9.69. The molecule has 0 radical (unpaired) electrons. The van der Waals surface area contributed by atoms with Crippen molar-refractivity contribution < 1.29 is 27.9 Å². The van der Waals surface area contributed by atoms with Gasteiger partial charge in [-0.1, -0.05) is 41.9 Å². The van der Waals surface area contributed by atoms with Crippen molar-refractivity contribution in [2.45, 2.75) is 12.1 Å². The molecular formula is C29H26ClF2N5O4. The van der Waals surface area contributed by atoms with Crippen LogP contribution in [0.2, 0.25) is 5.02 Å². The van der Waals surface area contributed by atoms with Gasteiger partial charge in [0.15, 0.2) is 11.5 Å². The van der Waals surface area contributed by atoms with E-state index in [1.807, 2.05) is 0 Å². The third-order valence-electron chi connectivity index (χ3n) is 7.30. The van der Waals surface area contributed by atoms with E-state index in [9.17, 15) is 23.2 Å². The first-order valence-electron chi connectivity index (χ1n) is 12.8. The first-order valence-corrected chi connectivity index (χ1v) is 13.1. The number of hydrogen-bond acceptors (Lipinski definition) is 5. The van der Waals surface area contributed by atoms with Crippen molar-refractivity contribution in [2.24, 2.45) is 0 Å². The highest BCUT2D eigenvalue weighted by molar-refractivity contribution is 6.33. The minimum atomic E-state index is -1.59. The normalized spacial score (nSPS) is 16.5. The number of halogens is 3. The molecule has 41 heavy (non-hydrogen) atoms. The number of carbonyl (C=O) groups excluding carboxylic acids is 3. The fraction of sp³-hybridized carbons (Fsp3) is 0.241. The Morgan fingerprint density at radius 3 is 2.00 bits per heavy atom. The van der Waals surface area contributed by atoms with Gasteiger partial charge in [0, 0.05) is 26.2 Å². The SMILES string of the molecule is COC(=O)N1CCN(C(=O)c2cc(CN3C(=N)NC(c4ccc(F)cc4)(c4ccc(F)cc4)C3=O)ccc2Cl)CC1. The van der Waals surface area contributed by atoms with Crippen LogP contribution in [0, 0.1) is 17.0 Å². The Kier molecular flexibility index (Phi) is 7.63. The largest absolute Gasteiger partial charge is 0.453 e. The molecule has 0 saturated carbocycles. The van der Waals surface area contributed by atoms with E-state index in [0.29, 0.717) is 42.9 Å². The van der Waals surface area contributed by atoms with Gasteiger partial charge in [0.25, 0.3) is 11.8 Å². The number of amides is 3. The summed E-state index contributed by atoms with van der Waals surface area (Å²) in [7, 11) is 1.30. The molecule has 3 aromatic carbocycles. The third-order valence-corrected chi connectivity index (χ3v) is 7.63. The van der Waals surface area contributed by atoms with Crippen molar-refractivity contribution >= 4 is 35.5 Å². The van der Waals surface area contributed by atoms with E-state index in [2.05, 4.69) is 5.32 Å². The fourth-order valence-corrected chi connectivity index (χ4v) is 5.32. The van der Waals surface area contributed by atoms with Crippen LogP contribution in [0.25, 0.3) is 0 Å². The molecule has 2 N–H and O–H groups in total. The van der Waals surface area contributed by atoms with Crippen LogP contribution in [-0.4, -0.2) is 71.9 Å². The summed E-state index contributed by atoms with van der Waals surface area (Å²) in [6, 6.07) is 15.4. The predicted octanol–water partition coefficient (Wildman–Crippen LogP) is 3.95. The summed E-state index contributed by atoms with van der Waals surface area (Å²) in [5, 5.41) is 11.8. The molecule has 3 amide bonds. The molecule has 0 atom stereocenters. The molecule has 0 aromatic heterocycles. The second kappa shape index (κ2) is 11.2. The topological polar surface area (TPSA) is 106 Å². The zero-order chi connectivity index (χ0) is 29.3. The lowest BCUT2D eigenvalue weighted by atomic mass is 9.82. The Morgan fingerprint density at radius 1 is 0.927 bits per heavy atom. The van der Waals surface area contributed by atoms with Crippen LogP contribution in [0.1, 0.15) is 27.0 Å². The smallest absolute Gasteiger partial charge is 0.409 e. The molecule has 0 bridgehead atoms. The van der Waals surface area contributed by atoms with Gasteiger partial charge in [0.05, 0.1) is 24.2 Å². The first-order chi connectivity index (χ1) is 19.6. The Hall–Kier alpha value is -4.51. The summed E-state index contributed by atoms with van der Waals surface area (Å²) < 4.78 is 32.3. The van der Waals surface area contributed by atoms with Crippen LogP contribution in [0.3, 0.4) is 0 Å². The maximum Gasteiger partial charge on any atom is 0.409 e. The molecule has 0 spiro atoms. The quantitative estimate of drug-likeness (QED) is 0.475. The average Bonchev–Trinajstić information content (AvgIpc) is 3.23. The number of nitrogens with zero attached hydrogens (tertiary/aromatic N) is 3. The summed E-state index contributed by atoms with van der Waals surface area (Å²) in [5.74, 6) is -2.06. The molecule has 0 unspecified atom stereocenters. The molecule has 2 heterocycles. The monoisotopic (exact) mass is 581 g/mol. The van der Waals surface area contributed by atoms with Crippen molar-refractivity contribution in [2.75, 3.05) is 33.3 Å². The minimum Gasteiger partial charge on any atom is -0.453 e. The molecule has 2 aliphatic rings. The van der Waals surface area contributed by atoms with Crippen molar-refractivity contribution in [3.63, 3.8) is 0 Å². The van der Waals surface area contributed by atoms with Gasteiger partial charge in [-0.25, -0.2) is 13.6 Å². The molecule has 3 aromatic rings. The van der Waals surface area contributed by atoms with Gasteiger partial charge in [0.2, 0.25) is 0 Å². The maximum atomic E-state index is 14.0. The van der Waals surface area contributed by atoms with Gasteiger partial charge in [-0.05, 0) is 53.1 Å². The van der Waals surface area contributed by atoms with E-state index in [4.69, 9.17) is 21.7 Å². The molecule has 0 aliphatic carbocycles. The molecule has 2 fully saturated rings. The number of methoxy groups -OCH3 is 1. The zero-order valence-corrected chi connectivity index (χ0v) is 22.8. The Morgan fingerprint density at radius 2 is 1.46 bits per heavy atom. The number of rotatable bonds is 5.